The summed E-state index contributed by atoms with van der Waals surface area (Å²) in [6, 6.07) is 19.3. The molecule has 176 valence electrons. The van der Waals surface area contributed by atoms with Gasteiger partial charge in [-0.1, -0.05) is 60.7 Å². The van der Waals surface area contributed by atoms with E-state index in [1.807, 2.05) is 65.6 Å². The number of nitrogens with one attached hydrogen (secondary N) is 1. The van der Waals surface area contributed by atoms with Crippen molar-refractivity contribution in [3.63, 3.8) is 0 Å². The summed E-state index contributed by atoms with van der Waals surface area (Å²) in [5.41, 5.74) is 3.98. The van der Waals surface area contributed by atoms with Gasteiger partial charge in [0.2, 0.25) is 11.6 Å². The molecule has 0 spiro atoms. The molecule has 0 radical (unpaired) electrons. The molecule has 1 N–H and O–H groups in total. The molecule has 1 aliphatic rings. The molecule has 4 rings (SSSR count). The van der Waals surface area contributed by atoms with E-state index >= 15 is 0 Å². The fraction of sp³-hybridized carbons (Fsp3) is 0.292. The Morgan fingerprint density at radius 1 is 0.971 bits per heavy atom. The first kappa shape index (κ1) is 23.0. The van der Waals surface area contributed by atoms with Crippen molar-refractivity contribution in [2.75, 3.05) is 23.5 Å². The standard InChI is InChI=1S/C24H26N6O4/c31-24(28-14-8-3-9-15-28)34-27-22-21(30(32)33)23(26-18-25-22)29(16-19-10-4-1-5-11-19)17-20-12-6-2-7-13-20/h1-2,4-7,10-13,18H,3,8-9,14-17H2,(H,25,26,27). The molecular weight excluding hydrogens is 436 g/mol. The molecule has 2 aromatic carbocycles. The molecule has 1 saturated heterocycles. The van der Waals surface area contributed by atoms with E-state index < -0.39 is 11.0 Å². The maximum absolute atomic E-state index is 12.4. The smallest absolute Gasteiger partial charge is 0.342 e. The van der Waals surface area contributed by atoms with Gasteiger partial charge < -0.3 is 14.6 Å². The predicted octanol–water partition coefficient (Wildman–Crippen LogP) is 4.54. The Morgan fingerprint density at radius 3 is 2.12 bits per heavy atom. The SMILES string of the molecule is O=C(ONc1ncnc(N(Cc2ccccc2)Cc2ccccc2)c1[N+](=O)[O-])N1CCCCC1. The third-order valence-electron chi connectivity index (χ3n) is 5.57. The van der Waals surface area contributed by atoms with Crippen molar-refractivity contribution in [1.82, 2.24) is 14.9 Å². The van der Waals surface area contributed by atoms with Gasteiger partial charge in [-0.3, -0.25) is 10.1 Å². The first-order valence-corrected chi connectivity index (χ1v) is 11.2. The summed E-state index contributed by atoms with van der Waals surface area (Å²) in [5, 5.41) is 12.1. The highest BCUT2D eigenvalue weighted by atomic mass is 16.7. The summed E-state index contributed by atoms with van der Waals surface area (Å²) in [7, 11) is 0. The summed E-state index contributed by atoms with van der Waals surface area (Å²) >= 11 is 0. The molecule has 1 aliphatic heterocycles. The predicted molar refractivity (Wildman–Crippen MR) is 127 cm³/mol. The van der Waals surface area contributed by atoms with Gasteiger partial charge in [0.25, 0.3) is 0 Å². The van der Waals surface area contributed by atoms with Crippen LogP contribution in [0.25, 0.3) is 0 Å². The van der Waals surface area contributed by atoms with Gasteiger partial charge in [-0.15, -0.1) is 0 Å². The van der Waals surface area contributed by atoms with Crippen molar-refractivity contribution < 1.29 is 14.6 Å². The number of rotatable bonds is 8. The molecule has 0 unspecified atom stereocenters. The van der Waals surface area contributed by atoms with Crippen molar-refractivity contribution in [3.8, 4) is 0 Å². The van der Waals surface area contributed by atoms with Crippen molar-refractivity contribution in [2.24, 2.45) is 0 Å². The molecule has 1 aromatic heterocycles. The van der Waals surface area contributed by atoms with Crippen LogP contribution in [-0.2, 0) is 17.9 Å². The van der Waals surface area contributed by atoms with E-state index in [-0.39, 0.29) is 17.3 Å². The largest absolute Gasteiger partial charge is 0.434 e. The minimum absolute atomic E-state index is 0.129. The Morgan fingerprint density at radius 2 is 1.56 bits per heavy atom. The maximum atomic E-state index is 12.4. The number of hydrogen-bond acceptors (Lipinski definition) is 8. The van der Waals surface area contributed by atoms with Crippen molar-refractivity contribution in [1.29, 1.82) is 0 Å². The number of nitro groups is 1. The Kier molecular flexibility index (Phi) is 7.49. The summed E-state index contributed by atoms with van der Waals surface area (Å²) in [4.78, 5) is 40.7. The molecule has 0 bridgehead atoms. The fourth-order valence-electron chi connectivity index (χ4n) is 3.89. The molecule has 10 heteroatoms. The lowest BCUT2D eigenvalue weighted by Gasteiger charge is -2.26. The normalized spacial score (nSPS) is 13.2. The summed E-state index contributed by atoms with van der Waals surface area (Å²) in [5.74, 6) is -0.0456. The Hall–Kier alpha value is -4.21. The minimum Gasteiger partial charge on any atom is -0.342 e. The van der Waals surface area contributed by atoms with E-state index in [4.69, 9.17) is 4.84 Å². The second-order valence-electron chi connectivity index (χ2n) is 8.00. The highest BCUT2D eigenvalue weighted by molar-refractivity contribution is 5.73. The first-order chi connectivity index (χ1) is 16.6. The number of hydrogen-bond donors (Lipinski definition) is 1. The van der Waals surface area contributed by atoms with Crippen LogP contribution in [0.4, 0.5) is 22.1 Å². The lowest BCUT2D eigenvalue weighted by atomic mass is 10.1. The minimum atomic E-state index is -0.584. The van der Waals surface area contributed by atoms with Gasteiger partial charge in [-0.25, -0.2) is 14.8 Å². The second-order valence-corrected chi connectivity index (χ2v) is 8.00. The monoisotopic (exact) mass is 462 g/mol. The zero-order valence-corrected chi connectivity index (χ0v) is 18.7. The number of piperidine rings is 1. The molecular formula is C24H26N6O4. The number of aromatic nitrogens is 2. The van der Waals surface area contributed by atoms with Crippen LogP contribution >= 0.6 is 0 Å². The van der Waals surface area contributed by atoms with Gasteiger partial charge in [0.1, 0.15) is 6.33 Å². The molecule has 34 heavy (non-hydrogen) atoms. The topological polar surface area (TPSA) is 114 Å². The zero-order valence-electron chi connectivity index (χ0n) is 18.7. The van der Waals surface area contributed by atoms with Crippen LogP contribution in [0, 0.1) is 10.1 Å². The fourth-order valence-corrected chi connectivity index (χ4v) is 3.89. The average Bonchev–Trinajstić information content (AvgIpc) is 2.88. The molecule has 0 saturated carbocycles. The molecule has 2 heterocycles. The highest BCUT2D eigenvalue weighted by Crippen LogP contribution is 2.33. The third kappa shape index (κ3) is 5.77. The Balaban J connectivity index is 1.62. The maximum Gasteiger partial charge on any atom is 0.434 e. The quantitative estimate of drug-likeness (QED) is 0.383. The number of amides is 1. The molecule has 1 amide bonds. The van der Waals surface area contributed by atoms with E-state index in [1.54, 1.807) is 4.90 Å². The molecule has 3 aromatic rings. The van der Waals surface area contributed by atoms with Crippen LogP contribution in [0.1, 0.15) is 30.4 Å². The lowest BCUT2D eigenvalue weighted by Crippen LogP contribution is -2.37. The van der Waals surface area contributed by atoms with Crippen molar-refractivity contribution in [2.45, 2.75) is 32.4 Å². The van der Waals surface area contributed by atoms with Crippen LogP contribution < -0.4 is 10.4 Å². The van der Waals surface area contributed by atoms with Gasteiger partial charge in [-0.2, -0.15) is 5.48 Å². The zero-order chi connectivity index (χ0) is 23.8. The molecule has 0 aliphatic carbocycles. The van der Waals surface area contributed by atoms with Crippen molar-refractivity contribution in [3.05, 3.63) is 88.2 Å². The number of carbonyl (C=O) groups is 1. The average molecular weight is 463 g/mol. The van der Waals surface area contributed by atoms with Gasteiger partial charge in [0.15, 0.2) is 0 Å². The van der Waals surface area contributed by atoms with Crippen LogP contribution in [0.3, 0.4) is 0 Å². The molecule has 0 atom stereocenters. The van der Waals surface area contributed by atoms with E-state index in [0.717, 1.165) is 30.4 Å². The first-order valence-electron chi connectivity index (χ1n) is 11.2. The van der Waals surface area contributed by atoms with Crippen LogP contribution in [-0.4, -0.2) is 39.0 Å². The number of nitrogens with zero attached hydrogens (tertiary/aromatic N) is 5. The van der Waals surface area contributed by atoms with Gasteiger partial charge in [0, 0.05) is 26.2 Å². The summed E-state index contributed by atoms with van der Waals surface area (Å²) in [6.45, 7) is 1.97. The van der Waals surface area contributed by atoms with Gasteiger partial charge in [-0.05, 0) is 30.4 Å². The Bertz CT molecular complexity index is 1070. The van der Waals surface area contributed by atoms with Crippen LogP contribution in [0.2, 0.25) is 0 Å². The third-order valence-corrected chi connectivity index (χ3v) is 5.57. The summed E-state index contributed by atoms with van der Waals surface area (Å²) < 4.78 is 0. The van der Waals surface area contributed by atoms with Crippen LogP contribution in [0.5, 0.6) is 0 Å². The van der Waals surface area contributed by atoms with E-state index in [0.29, 0.717) is 26.2 Å². The number of benzene rings is 2. The van der Waals surface area contributed by atoms with Gasteiger partial charge >= 0.3 is 11.8 Å². The van der Waals surface area contributed by atoms with Gasteiger partial charge in [0.05, 0.1) is 4.92 Å². The van der Waals surface area contributed by atoms with Crippen molar-refractivity contribution >= 4 is 23.4 Å². The number of carbonyl (C=O) groups excluding carboxylic acids is 1. The highest BCUT2D eigenvalue weighted by Gasteiger charge is 2.29. The van der Waals surface area contributed by atoms with E-state index in [9.17, 15) is 14.9 Å². The number of anilines is 2. The number of likely N-dealkylation sites (tertiary alicyclic amines) is 1. The van der Waals surface area contributed by atoms with Crippen LogP contribution in [0.15, 0.2) is 67.0 Å². The molecule has 10 nitrogen and oxygen atoms in total. The van der Waals surface area contributed by atoms with E-state index in [1.165, 1.54) is 6.33 Å². The lowest BCUT2D eigenvalue weighted by molar-refractivity contribution is -0.383. The second kappa shape index (κ2) is 11.1. The Labute approximate surface area is 197 Å². The van der Waals surface area contributed by atoms with E-state index in [2.05, 4.69) is 15.4 Å². The molecule has 1 fully saturated rings. The summed E-state index contributed by atoms with van der Waals surface area (Å²) in [6.07, 6.45) is 3.51.